The topological polar surface area (TPSA) is 55.8 Å². The van der Waals surface area contributed by atoms with Gasteiger partial charge in [0.15, 0.2) is 0 Å². The van der Waals surface area contributed by atoms with Crippen molar-refractivity contribution in [2.45, 2.75) is 6.42 Å². The van der Waals surface area contributed by atoms with Gasteiger partial charge in [0, 0.05) is 5.56 Å². The van der Waals surface area contributed by atoms with Crippen LogP contribution in [0.15, 0.2) is 48.5 Å². The van der Waals surface area contributed by atoms with Gasteiger partial charge < -0.3 is 14.6 Å². The number of carbonyl (C=O) groups excluding carboxylic acids is 1. The van der Waals surface area contributed by atoms with E-state index in [1.165, 1.54) is 13.2 Å². The van der Waals surface area contributed by atoms with Gasteiger partial charge in [-0.2, -0.15) is 0 Å². The highest BCUT2D eigenvalue weighted by Crippen LogP contribution is 2.27. The number of benzene rings is 2. The van der Waals surface area contributed by atoms with E-state index in [0.29, 0.717) is 17.1 Å². The monoisotopic (exact) mass is 258 g/mol. The van der Waals surface area contributed by atoms with Gasteiger partial charge in [0.2, 0.25) is 0 Å². The Labute approximate surface area is 111 Å². The van der Waals surface area contributed by atoms with E-state index in [4.69, 9.17) is 4.74 Å². The molecule has 2 rings (SSSR count). The molecule has 0 amide bonds. The molecule has 0 spiro atoms. The number of carbonyl (C=O) groups is 1. The molecular weight excluding hydrogens is 244 g/mol. The molecule has 19 heavy (non-hydrogen) atoms. The molecule has 0 saturated heterocycles. The lowest BCUT2D eigenvalue weighted by atomic mass is 10.1. The first kappa shape index (κ1) is 13.0. The van der Waals surface area contributed by atoms with Crippen LogP contribution in [0, 0.1) is 0 Å². The van der Waals surface area contributed by atoms with Crippen molar-refractivity contribution in [2.24, 2.45) is 0 Å². The Kier molecular flexibility index (Phi) is 4.03. The van der Waals surface area contributed by atoms with Gasteiger partial charge in [-0.15, -0.1) is 0 Å². The number of aromatic hydroxyl groups is 1. The van der Waals surface area contributed by atoms with Crippen molar-refractivity contribution in [3.8, 4) is 17.2 Å². The van der Waals surface area contributed by atoms with Crippen molar-refractivity contribution in [2.75, 3.05) is 7.11 Å². The SMILES string of the molecule is COC(=O)Cc1cc(Oc2ccccc2)ccc1O. The van der Waals surface area contributed by atoms with Gasteiger partial charge in [0.05, 0.1) is 13.5 Å². The van der Waals surface area contributed by atoms with Gasteiger partial charge in [-0.3, -0.25) is 4.79 Å². The summed E-state index contributed by atoms with van der Waals surface area (Å²) in [4.78, 5) is 11.2. The second kappa shape index (κ2) is 5.91. The molecule has 4 heteroatoms. The summed E-state index contributed by atoms with van der Waals surface area (Å²) in [6.45, 7) is 0. The number of ether oxygens (including phenoxy) is 2. The molecule has 2 aromatic rings. The van der Waals surface area contributed by atoms with Crippen LogP contribution in [-0.4, -0.2) is 18.2 Å². The van der Waals surface area contributed by atoms with Crippen LogP contribution in [0.3, 0.4) is 0 Å². The Balaban J connectivity index is 2.18. The molecular formula is C15H14O4. The maximum absolute atomic E-state index is 11.2. The minimum atomic E-state index is -0.410. The van der Waals surface area contributed by atoms with E-state index in [-0.39, 0.29) is 12.2 Å². The average Bonchev–Trinajstić information content (AvgIpc) is 2.43. The number of esters is 1. The molecule has 0 aromatic heterocycles. The second-order valence-electron chi connectivity index (χ2n) is 3.96. The third-order valence-corrected chi connectivity index (χ3v) is 2.59. The van der Waals surface area contributed by atoms with Gasteiger partial charge in [-0.05, 0) is 30.3 Å². The molecule has 0 atom stereocenters. The first-order valence-electron chi connectivity index (χ1n) is 5.80. The van der Waals surface area contributed by atoms with Crippen LogP contribution in [-0.2, 0) is 16.0 Å². The molecule has 0 bridgehead atoms. The number of phenols is 1. The molecule has 0 fully saturated rings. The number of phenolic OH excluding ortho intramolecular Hbond substituents is 1. The zero-order valence-electron chi connectivity index (χ0n) is 10.5. The largest absolute Gasteiger partial charge is 0.508 e. The second-order valence-corrected chi connectivity index (χ2v) is 3.96. The maximum Gasteiger partial charge on any atom is 0.310 e. The summed E-state index contributed by atoms with van der Waals surface area (Å²) in [7, 11) is 1.31. The van der Waals surface area contributed by atoms with Crippen LogP contribution in [0.2, 0.25) is 0 Å². The van der Waals surface area contributed by atoms with Crippen LogP contribution in [0.25, 0.3) is 0 Å². The number of rotatable bonds is 4. The lowest BCUT2D eigenvalue weighted by Crippen LogP contribution is -2.04. The molecule has 0 aliphatic carbocycles. The van der Waals surface area contributed by atoms with E-state index in [0.717, 1.165) is 0 Å². The summed E-state index contributed by atoms with van der Waals surface area (Å²) in [6.07, 6.45) is 0.00826. The van der Waals surface area contributed by atoms with Gasteiger partial charge >= 0.3 is 5.97 Å². The molecule has 0 saturated carbocycles. The Morgan fingerprint density at radius 2 is 1.84 bits per heavy atom. The molecule has 0 radical (unpaired) electrons. The fraction of sp³-hybridized carbons (Fsp3) is 0.133. The van der Waals surface area contributed by atoms with Crippen LogP contribution >= 0.6 is 0 Å². The van der Waals surface area contributed by atoms with Gasteiger partial charge in [0.25, 0.3) is 0 Å². The number of methoxy groups -OCH3 is 1. The summed E-state index contributed by atoms with van der Waals surface area (Å²) in [6, 6.07) is 14.0. The van der Waals surface area contributed by atoms with Gasteiger partial charge in [-0.25, -0.2) is 0 Å². The highest BCUT2D eigenvalue weighted by Gasteiger charge is 2.09. The summed E-state index contributed by atoms with van der Waals surface area (Å²) in [5.41, 5.74) is 0.472. The zero-order valence-corrected chi connectivity index (χ0v) is 10.5. The van der Waals surface area contributed by atoms with E-state index in [1.807, 2.05) is 30.3 Å². The predicted molar refractivity (Wildman–Crippen MR) is 70.3 cm³/mol. The lowest BCUT2D eigenvalue weighted by Gasteiger charge is -2.08. The van der Waals surface area contributed by atoms with E-state index in [2.05, 4.69) is 4.74 Å². The lowest BCUT2D eigenvalue weighted by molar-refractivity contribution is -0.139. The van der Waals surface area contributed by atoms with E-state index < -0.39 is 5.97 Å². The summed E-state index contributed by atoms with van der Waals surface area (Å²) in [5, 5.41) is 9.68. The highest BCUT2D eigenvalue weighted by atomic mass is 16.5. The van der Waals surface area contributed by atoms with Gasteiger partial charge in [0.1, 0.15) is 17.2 Å². The number of para-hydroxylation sites is 1. The van der Waals surface area contributed by atoms with Crippen molar-refractivity contribution in [3.63, 3.8) is 0 Å². The third-order valence-electron chi connectivity index (χ3n) is 2.59. The normalized spacial score (nSPS) is 9.95. The van der Waals surface area contributed by atoms with E-state index >= 15 is 0 Å². The molecule has 2 aromatic carbocycles. The zero-order chi connectivity index (χ0) is 13.7. The van der Waals surface area contributed by atoms with E-state index in [1.54, 1.807) is 12.1 Å². The number of hydrogen-bond donors (Lipinski definition) is 1. The molecule has 0 aliphatic rings. The smallest absolute Gasteiger partial charge is 0.310 e. The average molecular weight is 258 g/mol. The molecule has 0 unspecified atom stereocenters. The Bertz CT molecular complexity index is 564. The first-order valence-corrected chi connectivity index (χ1v) is 5.80. The van der Waals surface area contributed by atoms with Crippen molar-refractivity contribution < 1.29 is 19.4 Å². The summed E-state index contributed by atoms with van der Waals surface area (Å²) < 4.78 is 10.2. The van der Waals surface area contributed by atoms with Crippen molar-refractivity contribution in [3.05, 3.63) is 54.1 Å². The fourth-order valence-corrected chi connectivity index (χ4v) is 1.62. The van der Waals surface area contributed by atoms with Crippen molar-refractivity contribution in [1.29, 1.82) is 0 Å². The predicted octanol–water partition coefficient (Wildman–Crippen LogP) is 2.90. The van der Waals surface area contributed by atoms with Crippen molar-refractivity contribution >= 4 is 5.97 Å². The molecule has 98 valence electrons. The minimum absolute atomic E-state index is 0.00826. The third kappa shape index (κ3) is 3.48. The molecule has 0 heterocycles. The highest BCUT2D eigenvalue weighted by molar-refractivity contribution is 5.73. The molecule has 1 N–H and O–H groups in total. The summed E-state index contributed by atoms with van der Waals surface area (Å²) in [5.74, 6) is 0.887. The van der Waals surface area contributed by atoms with Crippen LogP contribution in [0.4, 0.5) is 0 Å². The standard InChI is InChI=1S/C15H14O4/c1-18-15(17)10-11-9-13(7-8-14(11)16)19-12-5-3-2-4-6-12/h2-9,16H,10H2,1H3. The van der Waals surface area contributed by atoms with Crippen LogP contribution < -0.4 is 4.74 Å². The first-order chi connectivity index (χ1) is 9.19. The van der Waals surface area contributed by atoms with Crippen molar-refractivity contribution in [1.82, 2.24) is 0 Å². The maximum atomic E-state index is 11.2. The quantitative estimate of drug-likeness (QED) is 0.857. The van der Waals surface area contributed by atoms with Crippen LogP contribution in [0.1, 0.15) is 5.56 Å². The van der Waals surface area contributed by atoms with E-state index in [9.17, 15) is 9.90 Å². The number of hydrogen-bond acceptors (Lipinski definition) is 4. The molecule has 0 aliphatic heterocycles. The molecule has 4 nitrogen and oxygen atoms in total. The minimum Gasteiger partial charge on any atom is -0.508 e. The Morgan fingerprint density at radius 3 is 2.53 bits per heavy atom. The van der Waals surface area contributed by atoms with Gasteiger partial charge in [-0.1, -0.05) is 18.2 Å². The Morgan fingerprint density at radius 1 is 1.11 bits per heavy atom. The fourth-order valence-electron chi connectivity index (χ4n) is 1.62. The summed E-state index contributed by atoms with van der Waals surface area (Å²) >= 11 is 0. The Hall–Kier alpha value is -2.49. The van der Waals surface area contributed by atoms with Crippen LogP contribution in [0.5, 0.6) is 17.2 Å².